The van der Waals surface area contributed by atoms with Gasteiger partial charge in [0.05, 0.1) is 0 Å². The summed E-state index contributed by atoms with van der Waals surface area (Å²) in [6, 6.07) is 0. The largest absolute Gasteiger partial charge is 0.316 e. The van der Waals surface area contributed by atoms with Crippen molar-refractivity contribution in [3.05, 3.63) is 22.8 Å². The molecule has 0 aliphatic heterocycles. The molecule has 0 saturated carbocycles. The van der Waals surface area contributed by atoms with E-state index < -0.39 is 0 Å². The zero-order chi connectivity index (χ0) is 15.8. The van der Waals surface area contributed by atoms with E-state index in [-0.39, 0.29) is 0 Å². The first-order chi connectivity index (χ1) is 10.0. The van der Waals surface area contributed by atoms with Crippen LogP contribution in [0.5, 0.6) is 0 Å². The van der Waals surface area contributed by atoms with Crippen LogP contribution < -0.4 is 5.32 Å². The van der Waals surface area contributed by atoms with Gasteiger partial charge in [0, 0.05) is 17.3 Å². The molecular formula is C18H33N3. The van der Waals surface area contributed by atoms with Crippen molar-refractivity contribution in [1.29, 1.82) is 0 Å². The molecule has 0 aromatic carbocycles. The lowest BCUT2D eigenvalue weighted by Gasteiger charge is -2.17. The SMILES string of the molecule is CCc1nc(C(C)CC)nc(CC)c1CCNCC(C)C. The monoisotopic (exact) mass is 291 g/mol. The second kappa shape index (κ2) is 9.14. The van der Waals surface area contributed by atoms with E-state index in [9.17, 15) is 0 Å². The van der Waals surface area contributed by atoms with Gasteiger partial charge in [0.15, 0.2) is 0 Å². The minimum Gasteiger partial charge on any atom is -0.316 e. The van der Waals surface area contributed by atoms with Gasteiger partial charge in [-0.2, -0.15) is 0 Å². The number of nitrogens with one attached hydrogen (secondary N) is 1. The molecule has 0 fully saturated rings. The van der Waals surface area contributed by atoms with Crippen LogP contribution in [0.3, 0.4) is 0 Å². The fraction of sp³-hybridized carbons (Fsp3) is 0.778. The Balaban J connectivity index is 2.90. The molecule has 120 valence electrons. The molecule has 0 radical (unpaired) electrons. The number of hydrogen-bond donors (Lipinski definition) is 1. The van der Waals surface area contributed by atoms with Crippen LogP contribution in [0.15, 0.2) is 0 Å². The van der Waals surface area contributed by atoms with Gasteiger partial charge in [0.2, 0.25) is 0 Å². The van der Waals surface area contributed by atoms with Crippen LogP contribution in [-0.4, -0.2) is 23.1 Å². The first kappa shape index (κ1) is 18.1. The molecule has 0 amide bonds. The Morgan fingerprint density at radius 1 is 0.952 bits per heavy atom. The van der Waals surface area contributed by atoms with E-state index in [1.54, 1.807) is 0 Å². The number of aromatic nitrogens is 2. The van der Waals surface area contributed by atoms with E-state index in [2.05, 4.69) is 46.9 Å². The molecule has 0 aliphatic rings. The summed E-state index contributed by atoms with van der Waals surface area (Å²) >= 11 is 0. The summed E-state index contributed by atoms with van der Waals surface area (Å²) in [6.07, 6.45) is 4.14. The van der Waals surface area contributed by atoms with E-state index in [0.717, 1.165) is 44.6 Å². The number of nitrogens with zero attached hydrogens (tertiary/aromatic N) is 2. The Hall–Kier alpha value is -0.960. The summed E-state index contributed by atoms with van der Waals surface area (Å²) in [5.41, 5.74) is 3.88. The second-order valence-corrected chi connectivity index (χ2v) is 6.32. The Kier molecular flexibility index (Phi) is 7.87. The standard InChI is InChI=1S/C18H33N3/c1-7-14(6)18-20-16(8-2)15(17(9-3)21-18)10-11-19-12-13(4)5/h13-14,19H,7-12H2,1-6H3. The van der Waals surface area contributed by atoms with E-state index in [4.69, 9.17) is 9.97 Å². The molecular weight excluding hydrogens is 258 g/mol. The first-order valence-corrected chi connectivity index (χ1v) is 8.62. The van der Waals surface area contributed by atoms with Gasteiger partial charge >= 0.3 is 0 Å². The third kappa shape index (κ3) is 5.39. The molecule has 21 heavy (non-hydrogen) atoms. The highest BCUT2D eigenvalue weighted by atomic mass is 14.9. The average molecular weight is 291 g/mol. The fourth-order valence-corrected chi connectivity index (χ4v) is 2.48. The molecule has 1 unspecified atom stereocenters. The minimum absolute atomic E-state index is 0.453. The molecule has 1 N–H and O–H groups in total. The van der Waals surface area contributed by atoms with Crippen LogP contribution >= 0.6 is 0 Å². The van der Waals surface area contributed by atoms with Crippen molar-refractivity contribution in [3.8, 4) is 0 Å². The number of rotatable bonds is 9. The molecule has 3 heteroatoms. The molecule has 3 nitrogen and oxygen atoms in total. The molecule has 1 heterocycles. The zero-order valence-electron chi connectivity index (χ0n) is 14.8. The summed E-state index contributed by atoms with van der Waals surface area (Å²) in [6.45, 7) is 15.4. The van der Waals surface area contributed by atoms with Gasteiger partial charge < -0.3 is 5.32 Å². The van der Waals surface area contributed by atoms with Gasteiger partial charge in [-0.3, -0.25) is 0 Å². The van der Waals surface area contributed by atoms with Crippen LogP contribution in [0, 0.1) is 5.92 Å². The average Bonchev–Trinajstić information content (AvgIpc) is 2.49. The quantitative estimate of drug-likeness (QED) is 0.701. The lowest BCUT2D eigenvalue weighted by atomic mass is 10.0. The van der Waals surface area contributed by atoms with Gasteiger partial charge in [-0.05, 0) is 50.3 Å². The first-order valence-electron chi connectivity index (χ1n) is 8.62. The van der Waals surface area contributed by atoms with Crippen LogP contribution in [0.25, 0.3) is 0 Å². The molecule has 0 bridgehead atoms. The molecule has 0 aliphatic carbocycles. The van der Waals surface area contributed by atoms with Gasteiger partial charge in [0.1, 0.15) is 5.82 Å². The third-order valence-electron chi connectivity index (χ3n) is 4.02. The Labute approximate surface area is 131 Å². The lowest BCUT2D eigenvalue weighted by Crippen LogP contribution is -2.23. The Morgan fingerprint density at radius 2 is 1.52 bits per heavy atom. The van der Waals surface area contributed by atoms with E-state index in [1.165, 1.54) is 17.0 Å². The summed E-state index contributed by atoms with van der Waals surface area (Å²) in [5, 5.41) is 3.53. The summed E-state index contributed by atoms with van der Waals surface area (Å²) in [5.74, 6) is 2.18. The van der Waals surface area contributed by atoms with Crippen molar-refractivity contribution in [3.63, 3.8) is 0 Å². The highest BCUT2D eigenvalue weighted by Crippen LogP contribution is 2.20. The van der Waals surface area contributed by atoms with Gasteiger partial charge in [-0.25, -0.2) is 9.97 Å². The van der Waals surface area contributed by atoms with Crippen LogP contribution in [0.2, 0.25) is 0 Å². The molecule has 1 rings (SSSR count). The van der Waals surface area contributed by atoms with E-state index >= 15 is 0 Å². The Morgan fingerprint density at radius 3 is 1.95 bits per heavy atom. The maximum Gasteiger partial charge on any atom is 0.131 e. The zero-order valence-corrected chi connectivity index (χ0v) is 14.8. The molecule has 0 saturated heterocycles. The van der Waals surface area contributed by atoms with Crippen LogP contribution in [0.4, 0.5) is 0 Å². The molecule has 1 atom stereocenters. The predicted octanol–water partition coefficient (Wildman–Crippen LogP) is 3.90. The summed E-state index contributed by atoms with van der Waals surface area (Å²) < 4.78 is 0. The predicted molar refractivity (Wildman–Crippen MR) is 90.9 cm³/mol. The van der Waals surface area contributed by atoms with E-state index in [1.807, 2.05) is 0 Å². The highest BCUT2D eigenvalue weighted by Gasteiger charge is 2.15. The van der Waals surface area contributed by atoms with Crippen molar-refractivity contribution >= 4 is 0 Å². The molecule has 1 aromatic rings. The molecule has 1 aromatic heterocycles. The van der Waals surface area contributed by atoms with Crippen molar-refractivity contribution in [1.82, 2.24) is 15.3 Å². The van der Waals surface area contributed by atoms with Gasteiger partial charge in [-0.15, -0.1) is 0 Å². The van der Waals surface area contributed by atoms with E-state index in [0.29, 0.717) is 11.8 Å². The summed E-state index contributed by atoms with van der Waals surface area (Å²) in [7, 11) is 0. The normalized spacial score (nSPS) is 12.9. The van der Waals surface area contributed by atoms with Crippen molar-refractivity contribution in [2.24, 2.45) is 5.92 Å². The maximum absolute atomic E-state index is 4.85. The number of aryl methyl sites for hydroxylation is 2. The number of hydrogen-bond acceptors (Lipinski definition) is 3. The van der Waals surface area contributed by atoms with Crippen LogP contribution in [0.1, 0.15) is 76.7 Å². The second-order valence-electron chi connectivity index (χ2n) is 6.32. The fourth-order valence-electron chi connectivity index (χ4n) is 2.48. The topological polar surface area (TPSA) is 37.8 Å². The Bertz CT molecular complexity index is 401. The third-order valence-corrected chi connectivity index (χ3v) is 4.02. The lowest BCUT2D eigenvalue weighted by molar-refractivity contribution is 0.551. The summed E-state index contributed by atoms with van der Waals surface area (Å²) in [4.78, 5) is 9.69. The van der Waals surface area contributed by atoms with Crippen LogP contribution in [-0.2, 0) is 19.3 Å². The maximum atomic E-state index is 4.85. The van der Waals surface area contributed by atoms with Crippen molar-refractivity contribution < 1.29 is 0 Å². The van der Waals surface area contributed by atoms with Gasteiger partial charge in [-0.1, -0.05) is 41.5 Å². The highest BCUT2D eigenvalue weighted by molar-refractivity contribution is 5.27. The smallest absolute Gasteiger partial charge is 0.131 e. The molecule has 0 spiro atoms. The van der Waals surface area contributed by atoms with Crippen molar-refractivity contribution in [2.75, 3.05) is 13.1 Å². The van der Waals surface area contributed by atoms with Gasteiger partial charge in [0.25, 0.3) is 0 Å². The minimum atomic E-state index is 0.453. The van der Waals surface area contributed by atoms with Crippen molar-refractivity contribution in [2.45, 2.75) is 73.1 Å².